The van der Waals surface area contributed by atoms with Crippen LogP contribution in [0.1, 0.15) is 51.5 Å². The van der Waals surface area contributed by atoms with E-state index in [0.29, 0.717) is 24.5 Å². The Balaban J connectivity index is 2.31. The van der Waals surface area contributed by atoms with Gasteiger partial charge < -0.3 is 15.1 Å². The summed E-state index contributed by atoms with van der Waals surface area (Å²) < 4.78 is 5.56. The molecule has 2 N–H and O–H groups in total. The molecule has 0 saturated heterocycles. The van der Waals surface area contributed by atoms with E-state index in [1.807, 2.05) is 13.8 Å². The van der Waals surface area contributed by atoms with E-state index in [-0.39, 0.29) is 0 Å². The minimum Gasteiger partial charge on any atom is -0.444 e. The summed E-state index contributed by atoms with van der Waals surface area (Å²) in [5.74, 6) is 2.33. The molecule has 0 bridgehead atoms. The number of guanidine groups is 1. The van der Waals surface area contributed by atoms with E-state index in [1.54, 1.807) is 7.05 Å². The number of nitrogens with one attached hydrogen (secondary N) is 2. The summed E-state index contributed by atoms with van der Waals surface area (Å²) in [5.41, 5.74) is 0.937. The highest BCUT2D eigenvalue weighted by Gasteiger charge is 2.12. The van der Waals surface area contributed by atoms with Crippen molar-refractivity contribution in [3.63, 3.8) is 0 Å². The normalized spacial score (nSPS) is 12.5. The number of oxazole rings is 1. The van der Waals surface area contributed by atoms with Crippen LogP contribution in [0, 0.1) is 13.8 Å². The van der Waals surface area contributed by atoms with Crippen LogP contribution in [0.2, 0.25) is 0 Å². The second kappa shape index (κ2) is 9.55. The van der Waals surface area contributed by atoms with Crippen LogP contribution in [0.25, 0.3) is 0 Å². The van der Waals surface area contributed by atoms with Crippen LogP contribution >= 0.6 is 0 Å². The van der Waals surface area contributed by atoms with Gasteiger partial charge in [0, 0.05) is 32.2 Å². The molecule has 0 atom stereocenters. The van der Waals surface area contributed by atoms with Crippen molar-refractivity contribution in [3.8, 4) is 0 Å². The number of hydrogen-bond acceptors (Lipinski definition) is 4. The molecule has 1 aromatic rings. The number of aryl methyl sites for hydroxylation is 2. The second-order valence-corrected chi connectivity index (χ2v) is 6.38. The number of aromatic nitrogens is 1. The van der Waals surface area contributed by atoms with Gasteiger partial charge in [0.05, 0.1) is 12.2 Å². The van der Waals surface area contributed by atoms with E-state index in [1.165, 1.54) is 0 Å². The molecular weight excluding hydrogens is 290 g/mol. The molecular formula is C17H33N5O. The molecule has 0 aliphatic carbocycles. The first-order valence-corrected chi connectivity index (χ1v) is 8.48. The fourth-order valence-electron chi connectivity index (χ4n) is 2.58. The van der Waals surface area contributed by atoms with Gasteiger partial charge in [0.15, 0.2) is 5.96 Å². The lowest BCUT2D eigenvalue weighted by atomic mass is 10.2. The van der Waals surface area contributed by atoms with Crippen LogP contribution in [0.3, 0.4) is 0 Å². The minimum atomic E-state index is 0.540. The van der Waals surface area contributed by atoms with Crippen LogP contribution in [-0.2, 0) is 6.54 Å². The lowest BCUT2D eigenvalue weighted by Gasteiger charge is -2.30. The van der Waals surface area contributed by atoms with Crippen LogP contribution < -0.4 is 10.6 Å². The maximum atomic E-state index is 5.56. The second-order valence-electron chi connectivity index (χ2n) is 6.38. The molecule has 6 heteroatoms. The van der Waals surface area contributed by atoms with Gasteiger partial charge in [0.25, 0.3) is 0 Å². The van der Waals surface area contributed by atoms with Gasteiger partial charge in [0.2, 0.25) is 5.89 Å². The Labute approximate surface area is 140 Å². The zero-order valence-electron chi connectivity index (χ0n) is 15.7. The van der Waals surface area contributed by atoms with Crippen molar-refractivity contribution in [3.05, 3.63) is 17.3 Å². The molecule has 6 nitrogen and oxygen atoms in total. The highest BCUT2D eigenvalue weighted by Crippen LogP contribution is 2.07. The largest absolute Gasteiger partial charge is 0.444 e. The van der Waals surface area contributed by atoms with Gasteiger partial charge in [-0.3, -0.25) is 9.89 Å². The van der Waals surface area contributed by atoms with E-state index in [4.69, 9.17) is 4.42 Å². The Hall–Kier alpha value is -1.56. The van der Waals surface area contributed by atoms with Gasteiger partial charge in [-0.25, -0.2) is 4.98 Å². The van der Waals surface area contributed by atoms with Crippen molar-refractivity contribution >= 4 is 5.96 Å². The Bertz CT molecular complexity index is 466. The predicted molar refractivity (Wildman–Crippen MR) is 95.8 cm³/mol. The molecule has 0 amide bonds. The Morgan fingerprint density at radius 3 is 2.30 bits per heavy atom. The fraction of sp³-hybridized carbons (Fsp3) is 0.765. The van der Waals surface area contributed by atoms with E-state index in [2.05, 4.69) is 53.2 Å². The van der Waals surface area contributed by atoms with Gasteiger partial charge >= 0.3 is 0 Å². The third-order valence-corrected chi connectivity index (χ3v) is 3.92. The summed E-state index contributed by atoms with van der Waals surface area (Å²) in [6.07, 6.45) is 1.08. The van der Waals surface area contributed by atoms with E-state index < -0.39 is 0 Å². The van der Waals surface area contributed by atoms with Gasteiger partial charge in [-0.15, -0.1) is 0 Å². The maximum Gasteiger partial charge on any atom is 0.214 e. The third kappa shape index (κ3) is 6.60. The first-order valence-electron chi connectivity index (χ1n) is 8.48. The SMILES string of the molecule is CN=C(NCCCN(C(C)C)C(C)C)NCc1nc(C)c(C)o1. The average molecular weight is 323 g/mol. The Morgan fingerprint density at radius 1 is 1.17 bits per heavy atom. The molecule has 0 spiro atoms. The molecule has 132 valence electrons. The van der Waals surface area contributed by atoms with Crippen molar-refractivity contribution < 1.29 is 4.42 Å². The van der Waals surface area contributed by atoms with Crippen LogP contribution in [-0.4, -0.2) is 48.1 Å². The molecule has 0 saturated carbocycles. The summed E-state index contributed by atoms with van der Waals surface area (Å²) in [7, 11) is 1.77. The zero-order chi connectivity index (χ0) is 17.4. The minimum absolute atomic E-state index is 0.540. The fourth-order valence-corrected chi connectivity index (χ4v) is 2.58. The molecule has 0 unspecified atom stereocenters. The molecule has 1 aromatic heterocycles. The van der Waals surface area contributed by atoms with Gasteiger partial charge in [-0.2, -0.15) is 0 Å². The predicted octanol–water partition coefficient (Wildman–Crippen LogP) is 2.47. The number of aliphatic imine (C=N–C) groups is 1. The molecule has 0 radical (unpaired) electrons. The first kappa shape index (κ1) is 19.5. The Kier molecular flexibility index (Phi) is 8.09. The molecule has 0 fully saturated rings. The highest BCUT2D eigenvalue weighted by molar-refractivity contribution is 5.79. The standard InChI is InChI=1S/C17H33N5O/c1-12(2)22(13(3)4)10-8-9-19-17(18-7)20-11-16-21-14(5)15(6)23-16/h12-13H,8-11H2,1-7H3,(H2,18,19,20). The molecule has 1 rings (SSSR count). The van der Waals surface area contributed by atoms with Gasteiger partial charge in [0.1, 0.15) is 5.76 Å². The summed E-state index contributed by atoms with van der Waals surface area (Å²) >= 11 is 0. The monoisotopic (exact) mass is 323 g/mol. The lowest BCUT2D eigenvalue weighted by molar-refractivity contribution is 0.173. The van der Waals surface area contributed by atoms with Crippen LogP contribution in [0.5, 0.6) is 0 Å². The van der Waals surface area contributed by atoms with Crippen molar-refractivity contribution in [1.29, 1.82) is 0 Å². The van der Waals surface area contributed by atoms with Crippen molar-refractivity contribution in [2.45, 2.75) is 66.6 Å². The summed E-state index contributed by atoms with van der Waals surface area (Å²) in [4.78, 5) is 11.1. The topological polar surface area (TPSA) is 65.7 Å². The smallest absolute Gasteiger partial charge is 0.214 e. The van der Waals surface area contributed by atoms with Crippen LogP contribution in [0.4, 0.5) is 0 Å². The van der Waals surface area contributed by atoms with Gasteiger partial charge in [-0.05, 0) is 48.0 Å². The van der Waals surface area contributed by atoms with Crippen molar-refractivity contribution in [1.82, 2.24) is 20.5 Å². The molecule has 0 aliphatic rings. The van der Waals surface area contributed by atoms with E-state index in [9.17, 15) is 0 Å². The van der Waals surface area contributed by atoms with Crippen LogP contribution in [0.15, 0.2) is 9.41 Å². The molecule has 0 aliphatic heterocycles. The summed E-state index contributed by atoms with van der Waals surface area (Å²) in [5, 5.41) is 6.57. The zero-order valence-corrected chi connectivity index (χ0v) is 15.7. The quantitative estimate of drug-likeness (QED) is 0.437. The molecule has 23 heavy (non-hydrogen) atoms. The number of hydrogen-bond donors (Lipinski definition) is 2. The lowest BCUT2D eigenvalue weighted by Crippen LogP contribution is -2.41. The van der Waals surface area contributed by atoms with E-state index >= 15 is 0 Å². The summed E-state index contributed by atoms with van der Waals surface area (Å²) in [6.45, 7) is 15.4. The van der Waals surface area contributed by atoms with Crippen molar-refractivity contribution in [2.75, 3.05) is 20.1 Å². The number of nitrogens with zero attached hydrogens (tertiary/aromatic N) is 3. The van der Waals surface area contributed by atoms with Crippen molar-refractivity contribution in [2.24, 2.45) is 4.99 Å². The number of rotatable bonds is 8. The maximum absolute atomic E-state index is 5.56. The Morgan fingerprint density at radius 2 is 1.83 bits per heavy atom. The third-order valence-electron chi connectivity index (χ3n) is 3.92. The summed E-state index contributed by atoms with van der Waals surface area (Å²) in [6, 6.07) is 1.15. The molecule has 0 aromatic carbocycles. The van der Waals surface area contributed by atoms with Gasteiger partial charge in [-0.1, -0.05) is 0 Å². The van der Waals surface area contributed by atoms with E-state index in [0.717, 1.165) is 36.9 Å². The molecule has 1 heterocycles. The first-order chi connectivity index (χ1) is 10.8. The highest BCUT2D eigenvalue weighted by atomic mass is 16.4. The average Bonchev–Trinajstić information content (AvgIpc) is 2.79.